The summed E-state index contributed by atoms with van der Waals surface area (Å²) < 4.78 is 7.31. The van der Waals surface area contributed by atoms with Crippen LogP contribution in [0.25, 0.3) is 10.2 Å². The number of benzene rings is 2. The number of likely N-dealkylation sites (tertiary alicyclic amines) is 1. The van der Waals surface area contributed by atoms with Crippen LogP contribution in [0, 0.1) is 5.92 Å². The summed E-state index contributed by atoms with van der Waals surface area (Å²) in [5, 5.41) is 11.5. The molecule has 0 bridgehead atoms. The number of fused-ring (bicyclic) bond motifs is 1. The normalized spacial score (nSPS) is 18.0. The van der Waals surface area contributed by atoms with Crippen LogP contribution in [0.15, 0.2) is 70.7 Å². The molecular formula is C23H21N3O5S3. The first-order valence-electron chi connectivity index (χ1n) is 10.3. The number of nitrogens with one attached hydrogen (secondary N) is 1. The lowest BCUT2D eigenvalue weighted by atomic mass is 9.91. The van der Waals surface area contributed by atoms with Crippen LogP contribution in [0.1, 0.15) is 6.92 Å². The predicted molar refractivity (Wildman–Crippen MR) is 134 cm³/mol. The number of thiazole rings is 1. The second-order valence-corrected chi connectivity index (χ2v) is 11.0. The third-order valence-corrected chi connectivity index (χ3v) is 9.06. The van der Waals surface area contributed by atoms with E-state index in [2.05, 4.69) is 10.3 Å². The molecule has 1 fully saturated rings. The summed E-state index contributed by atoms with van der Waals surface area (Å²) in [6.45, 7) is 1.20. The number of aromatic nitrogens is 1. The molecule has 1 aliphatic heterocycles. The average molecular weight is 516 g/mol. The number of para-hydroxylation sites is 2. The molecule has 0 radical (unpaired) electrons. The Hall–Kier alpha value is -3.02. The first-order chi connectivity index (χ1) is 16.4. The highest BCUT2D eigenvalue weighted by Crippen LogP contribution is 2.48. The van der Waals surface area contributed by atoms with E-state index in [-0.39, 0.29) is 25.0 Å². The van der Waals surface area contributed by atoms with Gasteiger partial charge in [-0.25, -0.2) is 4.98 Å². The molecule has 34 heavy (non-hydrogen) atoms. The van der Waals surface area contributed by atoms with E-state index < -0.39 is 17.3 Å². The van der Waals surface area contributed by atoms with Gasteiger partial charge >= 0.3 is 5.97 Å². The van der Waals surface area contributed by atoms with Crippen molar-refractivity contribution < 1.29 is 24.2 Å². The number of hydrogen-bond acceptors (Lipinski definition) is 8. The van der Waals surface area contributed by atoms with Crippen LogP contribution in [0.4, 0.5) is 0 Å². The Kier molecular flexibility index (Phi) is 7.76. The van der Waals surface area contributed by atoms with Crippen LogP contribution < -0.4 is 10.1 Å². The Balaban J connectivity index is 1.38. The zero-order valence-electron chi connectivity index (χ0n) is 18.0. The van der Waals surface area contributed by atoms with Crippen molar-refractivity contribution in [2.75, 3.05) is 13.2 Å². The average Bonchev–Trinajstić information content (AvgIpc) is 3.25. The number of carboxylic acids is 1. The third kappa shape index (κ3) is 5.72. The summed E-state index contributed by atoms with van der Waals surface area (Å²) in [6, 6.07) is 16.8. The van der Waals surface area contributed by atoms with Gasteiger partial charge in [0.15, 0.2) is 10.9 Å². The van der Waals surface area contributed by atoms with Gasteiger partial charge in [0.2, 0.25) is 5.91 Å². The molecule has 0 spiro atoms. The van der Waals surface area contributed by atoms with Gasteiger partial charge in [-0.05, 0) is 47.6 Å². The number of hydrogen-bond donors (Lipinski definition) is 2. The monoisotopic (exact) mass is 515 g/mol. The van der Waals surface area contributed by atoms with Crippen molar-refractivity contribution in [3.8, 4) is 5.75 Å². The molecule has 2 atom stereocenters. The molecule has 2 aromatic carbocycles. The second-order valence-electron chi connectivity index (χ2n) is 7.41. The van der Waals surface area contributed by atoms with E-state index >= 15 is 0 Å². The van der Waals surface area contributed by atoms with Crippen molar-refractivity contribution in [2.24, 2.45) is 5.92 Å². The minimum absolute atomic E-state index is 0.164. The van der Waals surface area contributed by atoms with Gasteiger partial charge in [-0.1, -0.05) is 41.1 Å². The maximum atomic E-state index is 12.7. The van der Waals surface area contributed by atoms with Gasteiger partial charge in [0.05, 0.1) is 16.1 Å². The van der Waals surface area contributed by atoms with E-state index in [1.54, 1.807) is 30.4 Å². The SMILES string of the molecule is CC(=CNC(=O)COc1ccccc1)C1C(=O)N(CC(=O)O)C1SSc1nc2ccccc2s1. The summed E-state index contributed by atoms with van der Waals surface area (Å²) in [5.41, 5.74) is 1.54. The highest BCUT2D eigenvalue weighted by atomic mass is 33.1. The number of aliphatic carboxylic acids is 1. The summed E-state index contributed by atoms with van der Waals surface area (Å²) in [6.07, 6.45) is 1.49. The number of carboxylic acid groups (broad SMARTS) is 1. The molecule has 2 heterocycles. The Labute approximate surface area is 207 Å². The zero-order chi connectivity index (χ0) is 24.1. The van der Waals surface area contributed by atoms with Gasteiger partial charge in [-0.2, -0.15) is 0 Å². The van der Waals surface area contributed by atoms with Gasteiger partial charge in [-0.3, -0.25) is 14.4 Å². The lowest BCUT2D eigenvalue weighted by Crippen LogP contribution is -2.60. The fourth-order valence-corrected chi connectivity index (χ4v) is 7.44. The lowest BCUT2D eigenvalue weighted by Gasteiger charge is -2.45. The number of amides is 2. The lowest BCUT2D eigenvalue weighted by molar-refractivity contribution is -0.155. The van der Waals surface area contributed by atoms with Crippen LogP contribution in [-0.2, 0) is 14.4 Å². The molecule has 1 aliphatic rings. The van der Waals surface area contributed by atoms with Gasteiger partial charge in [-0.15, -0.1) is 11.3 Å². The van der Waals surface area contributed by atoms with Crippen LogP contribution in [-0.4, -0.2) is 51.3 Å². The molecule has 0 saturated carbocycles. The molecule has 3 aromatic rings. The summed E-state index contributed by atoms with van der Waals surface area (Å²) in [5.74, 6) is -1.67. The molecule has 8 nitrogen and oxygen atoms in total. The number of carbonyl (C=O) groups excluding carboxylic acids is 2. The fraction of sp³-hybridized carbons (Fsp3) is 0.217. The summed E-state index contributed by atoms with van der Waals surface area (Å²) in [7, 11) is 2.81. The van der Waals surface area contributed by atoms with E-state index in [0.717, 1.165) is 14.6 Å². The van der Waals surface area contributed by atoms with Crippen LogP contribution in [0.5, 0.6) is 5.75 Å². The number of nitrogens with zero attached hydrogens (tertiary/aromatic N) is 2. The van der Waals surface area contributed by atoms with Crippen LogP contribution in [0.2, 0.25) is 0 Å². The smallest absolute Gasteiger partial charge is 0.323 e. The molecular weight excluding hydrogens is 494 g/mol. The van der Waals surface area contributed by atoms with E-state index in [1.165, 1.54) is 32.7 Å². The molecule has 11 heteroatoms. The first kappa shape index (κ1) is 24.1. The Morgan fingerprint density at radius 3 is 2.68 bits per heavy atom. The Morgan fingerprint density at radius 1 is 1.21 bits per heavy atom. The predicted octanol–water partition coefficient (Wildman–Crippen LogP) is 4.00. The van der Waals surface area contributed by atoms with Crippen molar-refractivity contribution in [3.05, 3.63) is 66.4 Å². The minimum Gasteiger partial charge on any atom is -0.484 e. The van der Waals surface area contributed by atoms with E-state index in [0.29, 0.717) is 11.3 Å². The Morgan fingerprint density at radius 2 is 1.94 bits per heavy atom. The van der Waals surface area contributed by atoms with Crippen LogP contribution in [0.3, 0.4) is 0 Å². The Bertz CT molecular complexity index is 1200. The number of ether oxygens (including phenoxy) is 1. The van der Waals surface area contributed by atoms with Crippen molar-refractivity contribution in [2.45, 2.75) is 16.6 Å². The van der Waals surface area contributed by atoms with E-state index in [9.17, 15) is 19.5 Å². The highest BCUT2D eigenvalue weighted by molar-refractivity contribution is 8.77. The maximum absolute atomic E-state index is 12.7. The molecule has 1 aromatic heterocycles. The molecule has 0 aliphatic carbocycles. The second kappa shape index (κ2) is 10.9. The van der Waals surface area contributed by atoms with E-state index in [4.69, 9.17) is 4.74 Å². The van der Waals surface area contributed by atoms with Gasteiger partial charge in [0.25, 0.3) is 5.91 Å². The number of β-lactam (4-membered cyclic amide) rings is 1. The largest absolute Gasteiger partial charge is 0.484 e. The molecule has 1 saturated heterocycles. The molecule has 2 N–H and O–H groups in total. The maximum Gasteiger partial charge on any atom is 0.323 e. The summed E-state index contributed by atoms with van der Waals surface area (Å²) >= 11 is 1.54. The molecule has 2 amide bonds. The molecule has 4 rings (SSSR count). The van der Waals surface area contributed by atoms with Crippen molar-refractivity contribution in [1.82, 2.24) is 15.2 Å². The summed E-state index contributed by atoms with van der Waals surface area (Å²) in [4.78, 5) is 42.0. The number of carbonyl (C=O) groups is 3. The van der Waals surface area contributed by atoms with Gasteiger partial charge < -0.3 is 20.1 Å². The van der Waals surface area contributed by atoms with E-state index in [1.807, 2.05) is 42.5 Å². The van der Waals surface area contributed by atoms with Gasteiger partial charge in [0.1, 0.15) is 17.7 Å². The quantitative estimate of drug-likeness (QED) is 0.308. The zero-order valence-corrected chi connectivity index (χ0v) is 20.5. The van der Waals surface area contributed by atoms with Crippen molar-refractivity contribution >= 4 is 60.9 Å². The standard InChI is InChI=1S/C23H21N3O5S3/c1-14(11-24-18(27)13-31-15-7-3-2-4-8-15)20-21(30)26(12-19(28)29)22(20)33-34-23-25-16-9-5-6-10-17(16)32-23/h2-11,20,22H,12-13H2,1H3,(H,24,27)(H,28,29). The first-order valence-corrected chi connectivity index (χ1v) is 13.3. The van der Waals surface area contributed by atoms with Crippen molar-refractivity contribution in [3.63, 3.8) is 0 Å². The molecule has 2 unspecified atom stereocenters. The van der Waals surface area contributed by atoms with Gasteiger partial charge in [0, 0.05) is 6.20 Å². The third-order valence-electron chi connectivity index (χ3n) is 5.00. The number of rotatable bonds is 10. The minimum atomic E-state index is -1.07. The molecule has 176 valence electrons. The van der Waals surface area contributed by atoms with Crippen LogP contribution >= 0.6 is 32.9 Å². The van der Waals surface area contributed by atoms with Crippen molar-refractivity contribution in [1.29, 1.82) is 0 Å². The highest BCUT2D eigenvalue weighted by Gasteiger charge is 2.49. The fourth-order valence-electron chi connectivity index (χ4n) is 3.33. The topological polar surface area (TPSA) is 109 Å².